The first-order chi connectivity index (χ1) is 28.0. The largest absolute Gasteiger partial charge is 0.318 e. The molecule has 0 saturated carbocycles. The Hall–Kier alpha value is -6.92. The Morgan fingerprint density at radius 1 is 0.526 bits per heavy atom. The molecule has 0 saturated heterocycles. The molecule has 0 N–H and O–H groups in total. The predicted molar refractivity (Wildman–Crippen MR) is 236 cm³/mol. The van der Waals surface area contributed by atoms with E-state index in [1.807, 2.05) is 0 Å². The molecule has 8 aromatic rings. The van der Waals surface area contributed by atoms with Gasteiger partial charge in [0.1, 0.15) is 12.3 Å². The summed E-state index contributed by atoms with van der Waals surface area (Å²) in [4.78, 5) is 21.3. The molecule has 0 spiro atoms. The van der Waals surface area contributed by atoms with Crippen molar-refractivity contribution >= 4 is 67.6 Å². The van der Waals surface area contributed by atoms with Crippen LogP contribution in [-0.2, 0) is 5.41 Å². The van der Waals surface area contributed by atoms with Crippen molar-refractivity contribution < 1.29 is 0 Å². The van der Waals surface area contributed by atoms with E-state index in [-0.39, 0.29) is 18.2 Å². The minimum atomic E-state index is -0.409. The molecule has 0 fully saturated rings. The normalized spacial score (nSPS) is 20.7. The summed E-state index contributed by atoms with van der Waals surface area (Å²) in [5.74, 6) is 1.61. The van der Waals surface area contributed by atoms with Gasteiger partial charge in [-0.25, -0.2) is 9.97 Å². The lowest BCUT2D eigenvalue weighted by molar-refractivity contribution is 0.203. The molecule has 0 radical (unpaired) electrons. The molecule has 4 atom stereocenters. The number of anilines is 8. The highest BCUT2D eigenvalue weighted by Crippen LogP contribution is 2.63. The van der Waals surface area contributed by atoms with Crippen molar-refractivity contribution in [1.29, 1.82) is 0 Å². The quantitative estimate of drug-likeness (QED) is 0.158. The number of hydrogen-bond donors (Lipinski definition) is 0. The summed E-state index contributed by atoms with van der Waals surface area (Å²) in [6.07, 6.45) is 2.45. The second-order valence-electron chi connectivity index (χ2n) is 15.8. The van der Waals surface area contributed by atoms with Crippen molar-refractivity contribution in [3.05, 3.63) is 194 Å². The summed E-state index contributed by atoms with van der Waals surface area (Å²) in [6.45, 7) is 9.12. The molecule has 1 aromatic heterocycles. The minimum absolute atomic E-state index is 0.0972. The molecule has 4 heterocycles. The van der Waals surface area contributed by atoms with Crippen molar-refractivity contribution in [2.24, 2.45) is 5.92 Å². The van der Waals surface area contributed by atoms with Crippen LogP contribution in [0.15, 0.2) is 183 Å². The summed E-state index contributed by atoms with van der Waals surface area (Å²) >= 11 is 0. The maximum absolute atomic E-state index is 5.53. The number of rotatable bonds is 6. The third-order valence-corrected chi connectivity index (χ3v) is 12.6. The first kappa shape index (κ1) is 33.4. The van der Waals surface area contributed by atoms with E-state index in [9.17, 15) is 0 Å². The number of aryl methyl sites for hydroxylation is 1. The van der Waals surface area contributed by atoms with Crippen molar-refractivity contribution in [2.45, 2.75) is 38.0 Å². The van der Waals surface area contributed by atoms with Crippen LogP contribution in [0.4, 0.5) is 45.8 Å². The van der Waals surface area contributed by atoms with Crippen molar-refractivity contribution in [2.75, 3.05) is 19.6 Å². The van der Waals surface area contributed by atoms with Gasteiger partial charge in [0.05, 0.1) is 22.4 Å². The molecule has 6 heteroatoms. The molecule has 3 aliphatic heterocycles. The summed E-state index contributed by atoms with van der Waals surface area (Å²) in [7, 11) is 0. The molecule has 0 bridgehead atoms. The highest BCUT2D eigenvalue weighted by molar-refractivity contribution is 6.00. The summed E-state index contributed by atoms with van der Waals surface area (Å²) in [6, 6.07) is 61.4. The molecule has 57 heavy (non-hydrogen) atoms. The van der Waals surface area contributed by atoms with E-state index in [2.05, 4.69) is 216 Å². The Bertz CT molecular complexity index is 2840. The van der Waals surface area contributed by atoms with Gasteiger partial charge >= 0.3 is 0 Å². The van der Waals surface area contributed by atoms with E-state index in [0.29, 0.717) is 0 Å². The number of hydrogen-bond acceptors (Lipinski definition) is 6. The summed E-state index contributed by atoms with van der Waals surface area (Å²) in [5.41, 5.74) is 10.8. The number of nitrogens with zero attached hydrogens (tertiary/aromatic N) is 6. The van der Waals surface area contributed by atoms with E-state index < -0.39 is 5.41 Å². The number of allylic oxidation sites excluding steroid dienone is 1. The third-order valence-electron chi connectivity index (χ3n) is 12.6. The van der Waals surface area contributed by atoms with Gasteiger partial charge in [0.2, 0.25) is 0 Å². The van der Waals surface area contributed by atoms with Gasteiger partial charge in [-0.3, -0.25) is 0 Å². The Morgan fingerprint density at radius 3 is 1.65 bits per heavy atom. The molecule has 3 aliphatic rings. The molecule has 4 unspecified atom stereocenters. The van der Waals surface area contributed by atoms with Crippen LogP contribution < -0.4 is 19.6 Å². The molecule has 276 valence electrons. The number of aromatic nitrogens is 2. The molecule has 0 amide bonds. The third kappa shape index (κ3) is 4.89. The lowest BCUT2D eigenvalue weighted by atomic mass is 9.63. The van der Waals surface area contributed by atoms with Gasteiger partial charge in [0.25, 0.3) is 0 Å². The Labute approximate surface area is 333 Å². The van der Waals surface area contributed by atoms with E-state index in [4.69, 9.17) is 9.97 Å². The first-order valence-electron chi connectivity index (χ1n) is 19.9. The molecular formula is C51H42N6. The molecule has 11 rings (SSSR count). The average Bonchev–Trinajstić information content (AvgIpc) is 3.74. The minimum Gasteiger partial charge on any atom is -0.318 e. The van der Waals surface area contributed by atoms with Crippen molar-refractivity contribution in [3.63, 3.8) is 0 Å². The number of para-hydroxylation sites is 6. The maximum atomic E-state index is 5.53. The van der Waals surface area contributed by atoms with Gasteiger partial charge < -0.3 is 19.6 Å². The Kier molecular flexibility index (Phi) is 7.52. The van der Waals surface area contributed by atoms with Crippen LogP contribution in [0, 0.1) is 12.8 Å². The zero-order valence-corrected chi connectivity index (χ0v) is 32.1. The highest BCUT2D eigenvalue weighted by Gasteiger charge is 2.61. The predicted octanol–water partition coefficient (Wildman–Crippen LogP) is 12.5. The van der Waals surface area contributed by atoms with Crippen LogP contribution in [0.5, 0.6) is 0 Å². The number of fused-ring (bicyclic) bond motifs is 8. The smallest absolute Gasteiger partial charge is 0.179 e. The summed E-state index contributed by atoms with van der Waals surface area (Å²) in [5, 5.41) is 2.44. The van der Waals surface area contributed by atoms with Crippen LogP contribution in [0.1, 0.15) is 24.5 Å². The van der Waals surface area contributed by atoms with Crippen molar-refractivity contribution in [3.8, 4) is 0 Å². The van der Waals surface area contributed by atoms with Gasteiger partial charge in [-0.05, 0) is 95.9 Å². The lowest BCUT2D eigenvalue weighted by Crippen LogP contribution is -2.64. The molecule has 7 aromatic carbocycles. The first-order valence-corrected chi connectivity index (χ1v) is 19.9. The van der Waals surface area contributed by atoms with Gasteiger partial charge in [-0.1, -0.05) is 122 Å². The van der Waals surface area contributed by atoms with Crippen LogP contribution in [-0.4, -0.2) is 22.3 Å². The highest BCUT2D eigenvalue weighted by atomic mass is 15.5. The van der Waals surface area contributed by atoms with Gasteiger partial charge in [0, 0.05) is 34.1 Å². The van der Waals surface area contributed by atoms with E-state index >= 15 is 0 Å². The topological polar surface area (TPSA) is 38.7 Å². The van der Waals surface area contributed by atoms with Crippen molar-refractivity contribution in [1.82, 2.24) is 9.97 Å². The second kappa shape index (κ2) is 12.8. The fourth-order valence-electron chi connectivity index (χ4n) is 10.1. The van der Waals surface area contributed by atoms with Gasteiger partial charge in [0.15, 0.2) is 11.6 Å². The average molecular weight is 739 g/mol. The summed E-state index contributed by atoms with van der Waals surface area (Å²) < 4.78 is 0. The fourth-order valence-corrected chi connectivity index (χ4v) is 10.1. The van der Waals surface area contributed by atoms with Crippen LogP contribution >= 0.6 is 0 Å². The van der Waals surface area contributed by atoms with Crippen LogP contribution in [0.25, 0.3) is 21.8 Å². The Balaban J connectivity index is 1.28. The van der Waals surface area contributed by atoms with Gasteiger partial charge in [-0.2, -0.15) is 0 Å². The SMILES string of the molecule is C=CCC1(C)c2ccccc2N2c3cc4ccccc4cc3N(c3ccccc3)C2C1C1N(c2ccccc2)c2nc3ccccc3nc2N1c1ccccc1C. The Morgan fingerprint density at radius 2 is 1.02 bits per heavy atom. The molecular weight excluding hydrogens is 697 g/mol. The van der Waals surface area contributed by atoms with Crippen LogP contribution in [0.3, 0.4) is 0 Å². The van der Waals surface area contributed by atoms with Gasteiger partial charge in [-0.15, -0.1) is 6.58 Å². The maximum Gasteiger partial charge on any atom is 0.179 e. The van der Waals surface area contributed by atoms with E-state index in [0.717, 1.165) is 46.2 Å². The second-order valence-corrected chi connectivity index (χ2v) is 15.8. The van der Waals surface area contributed by atoms with E-state index in [1.165, 1.54) is 39.0 Å². The lowest BCUT2D eigenvalue weighted by Gasteiger charge is -2.56. The van der Waals surface area contributed by atoms with Crippen LogP contribution in [0.2, 0.25) is 0 Å². The number of benzene rings is 7. The zero-order chi connectivity index (χ0) is 38.3. The van der Waals surface area contributed by atoms with E-state index in [1.54, 1.807) is 0 Å². The monoisotopic (exact) mass is 738 g/mol. The molecule has 6 nitrogen and oxygen atoms in total. The zero-order valence-electron chi connectivity index (χ0n) is 32.1. The molecule has 0 aliphatic carbocycles. The fraction of sp³-hybridized carbons (Fsp3) is 0.137. The standard InChI is InChI=1S/C51H42N6/c1-4-31-51(3)39-26-14-18-30-43(39)56-45-33-36-21-13-12-20-35(36)32-44(45)54(37-22-7-5-8-23-37)49(56)46(51)50-55(38-24-9-6-10-25-38)47-48(53-41-28-16-15-27-40(41)52-47)57(50)42-29-17-11-19-34(42)2/h4-30,32-33,46,49-50H,1,31H2,2-3H3.